The molecule has 2 atom stereocenters. The van der Waals surface area contributed by atoms with Gasteiger partial charge < -0.3 is 24.2 Å². The molecule has 1 N–H and O–H groups in total. The molecule has 1 amide bonds. The first kappa shape index (κ1) is 22.0. The third-order valence-electron chi connectivity index (χ3n) is 4.54. The van der Waals surface area contributed by atoms with Crippen molar-refractivity contribution >= 4 is 29.5 Å². The number of carbonyl (C=O) groups is 4. The molecule has 0 aromatic heterocycles. The first-order valence-corrected chi connectivity index (χ1v) is 9.51. The normalized spacial score (nSPS) is 17.0. The van der Waals surface area contributed by atoms with Gasteiger partial charge in [0.1, 0.15) is 6.61 Å². The average molecular weight is 427 g/mol. The monoisotopic (exact) mass is 427 g/mol. The summed E-state index contributed by atoms with van der Waals surface area (Å²) in [6.45, 7) is 1.32. The Morgan fingerprint density at radius 3 is 2.58 bits per heavy atom. The third kappa shape index (κ3) is 5.46. The molecule has 9 nitrogen and oxygen atoms in total. The van der Waals surface area contributed by atoms with E-state index in [1.807, 2.05) is 30.3 Å². The van der Waals surface area contributed by atoms with Crippen LogP contribution in [0, 0.1) is 0 Å². The molecule has 1 saturated heterocycles. The molecular formula is C22H21NO8. The maximum absolute atomic E-state index is 12.9. The predicted molar refractivity (Wildman–Crippen MR) is 107 cm³/mol. The number of carbonyl (C=O) groups excluding carboxylic acids is 3. The molecular weight excluding hydrogens is 406 g/mol. The number of benzene rings is 2. The lowest BCUT2D eigenvalue weighted by molar-refractivity contribution is -0.177. The van der Waals surface area contributed by atoms with Gasteiger partial charge in [-0.2, -0.15) is 0 Å². The fourth-order valence-electron chi connectivity index (χ4n) is 3.11. The summed E-state index contributed by atoms with van der Waals surface area (Å²) in [7, 11) is 0. The number of anilines is 1. The van der Waals surface area contributed by atoms with E-state index in [0.29, 0.717) is 5.69 Å². The van der Waals surface area contributed by atoms with Crippen LogP contribution >= 0.6 is 0 Å². The molecule has 162 valence electrons. The second kappa shape index (κ2) is 9.86. The van der Waals surface area contributed by atoms with Crippen LogP contribution < -0.4 is 4.90 Å². The fourth-order valence-corrected chi connectivity index (χ4v) is 3.11. The van der Waals surface area contributed by atoms with Gasteiger partial charge in [-0.1, -0.05) is 36.4 Å². The SMILES string of the molecule is CC(=O)O[C@@H](C(=O)O)[C@H]1OCCN(c2cccc(C(=O)OCc3ccccc3)c2)C1=O. The number of ether oxygens (including phenoxy) is 3. The summed E-state index contributed by atoms with van der Waals surface area (Å²) in [5.41, 5.74) is 1.45. The second-order valence-corrected chi connectivity index (χ2v) is 6.76. The minimum atomic E-state index is -1.77. The number of carboxylic acid groups (broad SMARTS) is 1. The molecule has 0 aliphatic carbocycles. The Balaban J connectivity index is 1.74. The van der Waals surface area contributed by atoms with Crippen molar-refractivity contribution in [2.24, 2.45) is 0 Å². The maximum Gasteiger partial charge on any atom is 0.348 e. The van der Waals surface area contributed by atoms with Gasteiger partial charge in [0.05, 0.1) is 12.2 Å². The van der Waals surface area contributed by atoms with Gasteiger partial charge in [-0.25, -0.2) is 9.59 Å². The Morgan fingerprint density at radius 2 is 1.90 bits per heavy atom. The standard InChI is InChI=1S/C22H21NO8/c1-14(24)31-19(21(26)27)18-20(25)23(10-11-29-18)17-9-5-8-16(12-17)22(28)30-13-15-6-3-2-4-7-15/h2-9,12,18-19H,10-11,13H2,1H3,(H,26,27)/t18-,19-/m1/s1. The first-order chi connectivity index (χ1) is 14.9. The second-order valence-electron chi connectivity index (χ2n) is 6.76. The van der Waals surface area contributed by atoms with Gasteiger partial charge in [-0.3, -0.25) is 9.59 Å². The number of nitrogens with zero attached hydrogens (tertiary/aromatic N) is 1. The molecule has 0 bridgehead atoms. The highest BCUT2D eigenvalue weighted by Crippen LogP contribution is 2.23. The third-order valence-corrected chi connectivity index (χ3v) is 4.54. The zero-order chi connectivity index (χ0) is 22.4. The number of carboxylic acids is 1. The van der Waals surface area contributed by atoms with Crippen molar-refractivity contribution in [3.63, 3.8) is 0 Å². The highest BCUT2D eigenvalue weighted by molar-refractivity contribution is 6.01. The van der Waals surface area contributed by atoms with E-state index >= 15 is 0 Å². The summed E-state index contributed by atoms with van der Waals surface area (Å²) >= 11 is 0. The smallest absolute Gasteiger partial charge is 0.348 e. The van der Waals surface area contributed by atoms with Crippen LogP contribution in [0.3, 0.4) is 0 Å². The van der Waals surface area contributed by atoms with E-state index in [0.717, 1.165) is 12.5 Å². The fraction of sp³-hybridized carbons (Fsp3) is 0.273. The number of morpholine rings is 1. The highest BCUT2D eigenvalue weighted by atomic mass is 16.6. The van der Waals surface area contributed by atoms with E-state index in [9.17, 15) is 24.3 Å². The lowest BCUT2D eigenvalue weighted by atomic mass is 10.1. The van der Waals surface area contributed by atoms with Crippen molar-refractivity contribution in [2.45, 2.75) is 25.7 Å². The van der Waals surface area contributed by atoms with Crippen molar-refractivity contribution in [2.75, 3.05) is 18.1 Å². The van der Waals surface area contributed by atoms with Crippen LogP contribution in [0.1, 0.15) is 22.8 Å². The van der Waals surface area contributed by atoms with E-state index in [1.165, 1.54) is 11.0 Å². The largest absolute Gasteiger partial charge is 0.478 e. The molecule has 0 radical (unpaired) electrons. The van der Waals surface area contributed by atoms with Crippen molar-refractivity contribution in [1.29, 1.82) is 0 Å². The van der Waals surface area contributed by atoms with Gasteiger partial charge in [0.25, 0.3) is 5.91 Å². The van der Waals surface area contributed by atoms with E-state index < -0.39 is 36.0 Å². The molecule has 9 heteroatoms. The molecule has 0 spiro atoms. The number of hydrogen-bond acceptors (Lipinski definition) is 7. The summed E-state index contributed by atoms with van der Waals surface area (Å²) in [6, 6.07) is 15.4. The Bertz CT molecular complexity index is 974. The van der Waals surface area contributed by atoms with Crippen LogP contribution in [0.25, 0.3) is 0 Å². The molecule has 1 aliphatic rings. The number of aliphatic carboxylic acids is 1. The number of esters is 2. The van der Waals surface area contributed by atoms with Crippen molar-refractivity contribution in [3.8, 4) is 0 Å². The summed E-state index contributed by atoms with van der Waals surface area (Å²) in [6.07, 6.45) is -3.27. The van der Waals surface area contributed by atoms with Gasteiger partial charge in [-0.05, 0) is 23.8 Å². The predicted octanol–water partition coefficient (Wildman–Crippen LogP) is 1.79. The zero-order valence-corrected chi connectivity index (χ0v) is 16.7. The Kier molecular flexibility index (Phi) is 6.99. The Hall–Kier alpha value is -3.72. The van der Waals surface area contributed by atoms with Gasteiger partial charge in [-0.15, -0.1) is 0 Å². The van der Waals surface area contributed by atoms with Crippen LogP contribution in [0.4, 0.5) is 5.69 Å². The number of rotatable bonds is 7. The van der Waals surface area contributed by atoms with Crippen LogP contribution in [0.5, 0.6) is 0 Å². The number of hydrogen-bond donors (Lipinski definition) is 1. The van der Waals surface area contributed by atoms with Gasteiger partial charge in [0.15, 0.2) is 6.10 Å². The molecule has 0 saturated carbocycles. The minimum absolute atomic E-state index is 0.0319. The topological polar surface area (TPSA) is 119 Å². The molecule has 0 unspecified atom stereocenters. The summed E-state index contributed by atoms with van der Waals surface area (Å²) < 4.78 is 15.4. The summed E-state index contributed by atoms with van der Waals surface area (Å²) in [5, 5.41) is 9.33. The number of amides is 1. The summed E-state index contributed by atoms with van der Waals surface area (Å²) in [4.78, 5) is 49.3. The molecule has 1 aliphatic heterocycles. The lowest BCUT2D eigenvalue weighted by Gasteiger charge is -2.34. The molecule has 1 heterocycles. The van der Waals surface area contributed by atoms with Crippen LogP contribution in [0.15, 0.2) is 54.6 Å². The molecule has 3 rings (SSSR count). The van der Waals surface area contributed by atoms with Gasteiger partial charge in [0.2, 0.25) is 6.10 Å². The lowest BCUT2D eigenvalue weighted by Crippen LogP contribution is -2.55. The molecule has 2 aromatic carbocycles. The van der Waals surface area contributed by atoms with E-state index in [2.05, 4.69) is 0 Å². The van der Waals surface area contributed by atoms with Gasteiger partial charge in [0, 0.05) is 19.2 Å². The minimum Gasteiger partial charge on any atom is -0.478 e. The van der Waals surface area contributed by atoms with Crippen LogP contribution in [0.2, 0.25) is 0 Å². The zero-order valence-electron chi connectivity index (χ0n) is 16.7. The Morgan fingerprint density at radius 1 is 1.16 bits per heavy atom. The van der Waals surface area contributed by atoms with Crippen molar-refractivity contribution < 1.29 is 38.5 Å². The highest BCUT2D eigenvalue weighted by Gasteiger charge is 2.42. The summed E-state index contributed by atoms with van der Waals surface area (Å²) in [5.74, 6) is -3.58. The first-order valence-electron chi connectivity index (χ1n) is 9.51. The Labute approximate surface area is 178 Å². The molecule has 1 fully saturated rings. The van der Waals surface area contributed by atoms with E-state index in [4.69, 9.17) is 14.2 Å². The van der Waals surface area contributed by atoms with E-state index in [-0.39, 0.29) is 25.3 Å². The maximum atomic E-state index is 12.9. The van der Waals surface area contributed by atoms with Crippen molar-refractivity contribution in [3.05, 3.63) is 65.7 Å². The molecule has 2 aromatic rings. The molecule has 31 heavy (non-hydrogen) atoms. The van der Waals surface area contributed by atoms with E-state index in [1.54, 1.807) is 18.2 Å². The van der Waals surface area contributed by atoms with Gasteiger partial charge >= 0.3 is 17.9 Å². The quantitative estimate of drug-likeness (QED) is 0.664. The average Bonchev–Trinajstić information content (AvgIpc) is 2.77. The van der Waals surface area contributed by atoms with Crippen LogP contribution in [-0.4, -0.2) is 54.3 Å². The van der Waals surface area contributed by atoms with Crippen molar-refractivity contribution in [1.82, 2.24) is 0 Å². The van der Waals surface area contributed by atoms with Crippen LogP contribution in [-0.2, 0) is 35.2 Å².